The summed E-state index contributed by atoms with van der Waals surface area (Å²) in [6, 6.07) is 0. The molecule has 65 heavy (non-hydrogen) atoms. The largest absolute Gasteiger partial charge is 0.458 e. The van der Waals surface area contributed by atoms with E-state index in [1.165, 1.54) is 0 Å². The SMILES string of the molecule is CC/C=C\C=C/CCC[C@H]1O[C@@H]1C#CC#CCCC(=O)OCC(OC(=O)CCC#CC#C[C@H]1O[C@@H]1CCC/C=C\C=C/CC)OC(=O)CCC#CC#C[C@H]1O[C@@H]1CCC/C=C\C=C/CC. The minimum Gasteiger partial charge on any atom is -0.458 e. The van der Waals surface area contributed by atoms with Crippen molar-refractivity contribution in [3.63, 3.8) is 0 Å². The zero-order valence-corrected chi connectivity index (χ0v) is 38.6. The fourth-order valence-corrected chi connectivity index (χ4v) is 5.82. The molecule has 344 valence electrons. The van der Waals surface area contributed by atoms with Gasteiger partial charge in [0.25, 0.3) is 6.29 Å². The minimum absolute atomic E-state index is 0.0259. The average molecular weight is 883 g/mol. The number of rotatable bonds is 28. The first-order valence-corrected chi connectivity index (χ1v) is 23.3. The lowest BCUT2D eigenvalue weighted by Crippen LogP contribution is -2.30. The van der Waals surface area contributed by atoms with E-state index in [0.717, 1.165) is 77.0 Å². The Bertz CT molecular complexity index is 1950. The normalized spacial score (nSPS) is 20.1. The maximum Gasteiger partial charge on any atom is 0.309 e. The molecule has 3 aliphatic heterocycles. The van der Waals surface area contributed by atoms with Crippen molar-refractivity contribution in [3.8, 4) is 71.0 Å². The third-order valence-corrected chi connectivity index (χ3v) is 9.55. The average Bonchev–Trinajstić information content (AvgIpc) is 4.24. The van der Waals surface area contributed by atoms with Crippen molar-refractivity contribution >= 4 is 17.9 Å². The van der Waals surface area contributed by atoms with E-state index >= 15 is 0 Å². The van der Waals surface area contributed by atoms with Crippen LogP contribution in [0.5, 0.6) is 0 Å². The molecule has 0 aromatic heterocycles. The number of epoxide rings is 3. The third kappa shape index (κ3) is 29.2. The summed E-state index contributed by atoms with van der Waals surface area (Å²) < 4.78 is 32.8. The molecule has 0 bridgehead atoms. The van der Waals surface area contributed by atoms with Crippen LogP contribution in [0.4, 0.5) is 0 Å². The minimum atomic E-state index is -1.45. The molecule has 0 saturated carbocycles. The first-order chi connectivity index (χ1) is 31.9. The Morgan fingerprint density at radius 1 is 0.477 bits per heavy atom. The molecule has 9 heteroatoms. The highest BCUT2D eigenvalue weighted by Crippen LogP contribution is 2.28. The van der Waals surface area contributed by atoms with Crippen LogP contribution in [0, 0.1) is 71.0 Å². The lowest BCUT2D eigenvalue weighted by Gasteiger charge is -2.18. The summed E-state index contributed by atoms with van der Waals surface area (Å²) in [4.78, 5) is 37.9. The number of hydrogen-bond donors (Lipinski definition) is 0. The first-order valence-electron chi connectivity index (χ1n) is 23.3. The highest BCUT2D eigenvalue weighted by molar-refractivity contribution is 5.72. The molecule has 0 aliphatic carbocycles. The van der Waals surface area contributed by atoms with Crippen molar-refractivity contribution in [2.24, 2.45) is 0 Å². The van der Waals surface area contributed by atoms with Gasteiger partial charge in [-0.2, -0.15) is 0 Å². The molecule has 3 rings (SSSR count). The van der Waals surface area contributed by atoms with E-state index in [0.29, 0.717) is 0 Å². The van der Waals surface area contributed by atoms with Gasteiger partial charge in [-0.1, -0.05) is 129 Å². The number of carbonyl (C=O) groups excluding carboxylic acids is 3. The lowest BCUT2D eigenvalue weighted by molar-refractivity contribution is -0.199. The molecule has 0 aromatic rings. The van der Waals surface area contributed by atoms with E-state index in [-0.39, 0.29) is 75.1 Å². The molecule has 3 saturated heterocycles. The van der Waals surface area contributed by atoms with Gasteiger partial charge in [0.15, 0.2) is 6.61 Å². The molecule has 0 unspecified atom stereocenters. The summed E-state index contributed by atoms with van der Waals surface area (Å²) in [5, 5.41) is 0. The molecule has 9 nitrogen and oxygen atoms in total. The Balaban J connectivity index is 1.38. The standard InChI is InChI=1S/C56H66O9/c1-4-7-10-13-16-19-28-37-47-50(61-47)40-31-22-25-34-43-53(57)60-46-56(64-54(58)44-35-26-23-32-41-51-48(62-51)38-29-20-17-14-11-8-5-2)65-55(59)45-36-27-24-33-42-52-49(63-52)39-30-21-18-15-12-9-6-3/h7-18,47-52,56H,4-6,19-21,28-30,34-39,43-46H2,1-3H3/b10-7-,11-8-,12-9-,16-13-,17-14-,18-15-/t47-,48-,49-,50-,51-,52-/m1/s1. The molecular weight excluding hydrogens is 817 g/mol. The number of esters is 3. The Hall–Kier alpha value is -5.91. The molecule has 3 aliphatic rings. The number of allylic oxidation sites excluding steroid dienone is 12. The molecule has 6 atom stereocenters. The third-order valence-electron chi connectivity index (χ3n) is 9.55. The van der Waals surface area contributed by atoms with E-state index < -0.39 is 30.8 Å². The van der Waals surface area contributed by atoms with Gasteiger partial charge in [0.05, 0.1) is 37.6 Å². The van der Waals surface area contributed by atoms with Crippen molar-refractivity contribution < 1.29 is 42.8 Å². The summed E-state index contributed by atoms with van der Waals surface area (Å²) >= 11 is 0. The van der Waals surface area contributed by atoms with Crippen LogP contribution < -0.4 is 0 Å². The van der Waals surface area contributed by atoms with Gasteiger partial charge in [-0.3, -0.25) is 14.4 Å². The van der Waals surface area contributed by atoms with Gasteiger partial charge in [0, 0.05) is 19.3 Å². The Kier molecular flexibility index (Phi) is 29.1. The number of unbranched alkanes of at least 4 members (excludes halogenated alkanes) is 3. The summed E-state index contributed by atoms with van der Waals surface area (Å²) in [5.74, 6) is 32.2. The van der Waals surface area contributed by atoms with Crippen LogP contribution in [0.25, 0.3) is 0 Å². The molecule has 0 radical (unpaired) electrons. The fraction of sp³-hybridized carbons (Fsp3) is 0.518. The monoisotopic (exact) mass is 882 g/mol. The second-order valence-corrected chi connectivity index (χ2v) is 15.2. The Morgan fingerprint density at radius 2 is 0.815 bits per heavy atom. The van der Waals surface area contributed by atoms with E-state index in [9.17, 15) is 14.4 Å². The van der Waals surface area contributed by atoms with Crippen molar-refractivity contribution in [2.45, 2.75) is 179 Å². The van der Waals surface area contributed by atoms with Crippen LogP contribution in [0.15, 0.2) is 72.9 Å². The number of hydrogen-bond acceptors (Lipinski definition) is 9. The Labute approximate surface area is 389 Å². The molecular formula is C56H66O9. The van der Waals surface area contributed by atoms with Gasteiger partial charge in [0.1, 0.15) is 18.3 Å². The van der Waals surface area contributed by atoms with Gasteiger partial charge in [-0.15, -0.1) is 0 Å². The number of ether oxygens (including phenoxy) is 6. The molecule has 0 amide bonds. The Morgan fingerprint density at radius 3 is 1.17 bits per heavy atom. The summed E-state index contributed by atoms with van der Waals surface area (Å²) in [5.41, 5.74) is 0. The quantitative estimate of drug-likeness (QED) is 0.0189. The maximum atomic E-state index is 12.7. The maximum absolute atomic E-state index is 12.7. The molecule has 0 spiro atoms. The van der Waals surface area contributed by atoms with Crippen LogP contribution in [-0.2, 0) is 42.8 Å². The zero-order valence-electron chi connectivity index (χ0n) is 38.6. The van der Waals surface area contributed by atoms with Crippen molar-refractivity contribution in [1.29, 1.82) is 0 Å². The van der Waals surface area contributed by atoms with Crippen LogP contribution in [0.2, 0.25) is 0 Å². The van der Waals surface area contributed by atoms with Gasteiger partial charge < -0.3 is 28.4 Å². The molecule has 0 aromatic carbocycles. The molecule has 3 heterocycles. The predicted molar refractivity (Wildman–Crippen MR) is 255 cm³/mol. The van der Waals surface area contributed by atoms with Crippen LogP contribution in [0.3, 0.4) is 0 Å². The van der Waals surface area contributed by atoms with Crippen LogP contribution in [0.1, 0.15) is 136 Å². The van der Waals surface area contributed by atoms with Crippen molar-refractivity contribution in [2.75, 3.05) is 6.61 Å². The molecule has 0 N–H and O–H groups in total. The van der Waals surface area contributed by atoms with Gasteiger partial charge in [-0.05, 0) is 113 Å². The number of carbonyl (C=O) groups is 3. The predicted octanol–water partition coefficient (Wildman–Crippen LogP) is 9.68. The topological polar surface area (TPSA) is 116 Å². The zero-order chi connectivity index (χ0) is 46.4. The smallest absolute Gasteiger partial charge is 0.309 e. The summed E-state index contributed by atoms with van der Waals surface area (Å²) in [7, 11) is 0. The van der Waals surface area contributed by atoms with E-state index in [1.807, 2.05) is 0 Å². The van der Waals surface area contributed by atoms with Crippen molar-refractivity contribution in [1.82, 2.24) is 0 Å². The molecule has 3 fully saturated rings. The highest BCUT2D eigenvalue weighted by atomic mass is 16.7. The van der Waals surface area contributed by atoms with Gasteiger partial charge >= 0.3 is 17.9 Å². The van der Waals surface area contributed by atoms with Crippen LogP contribution >= 0.6 is 0 Å². The first kappa shape index (κ1) is 53.4. The second kappa shape index (κ2) is 35.4. The van der Waals surface area contributed by atoms with E-state index in [2.05, 4.69) is 165 Å². The van der Waals surface area contributed by atoms with Crippen molar-refractivity contribution in [3.05, 3.63) is 72.9 Å². The van der Waals surface area contributed by atoms with Gasteiger partial charge in [-0.25, -0.2) is 0 Å². The lowest BCUT2D eigenvalue weighted by atomic mass is 10.1. The van der Waals surface area contributed by atoms with Crippen LogP contribution in [-0.4, -0.2) is 67.4 Å². The second-order valence-electron chi connectivity index (χ2n) is 15.2. The highest BCUT2D eigenvalue weighted by Gasteiger charge is 2.37. The summed E-state index contributed by atoms with van der Waals surface area (Å²) in [6.07, 6.45) is 36.1. The summed E-state index contributed by atoms with van der Waals surface area (Å²) in [6.45, 7) is 5.84. The van der Waals surface area contributed by atoms with E-state index in [4.69, 9.17) is 28.4 Å². The fourth-order valence-electron chi connectivity index (χ4n) is 5.82. The van der Waals surface area contributed by atoms with Gasteiger partial charge in [0.2, 0.25) is 0 Å². The van der Waals surface area contributed by atoms with E-state index in [1.54, 1.807) is 0 Å².